The molecule has 4 rings (SSSR count). The molecule has 32 heavy (non-hydrogen) atoms. The van der Waals surface area contributed by atoms with Crippen LogP contribution in [-0.4, -0.2) is 27.6 Å². The first-order chi connectivity index (χ1) is 15.8. The van der Waals surface area contributed by atoms with Crippen molar-refractivity contribution < 1.29 is 27.5 Å². The predicted octanol–water partition coefficient (Wildman–Crippen LogP) is 7.05. The van der Waals surface area contributed by atoms with Crippen molar-refractivity contribution in [3.63, 3.8) is 0 Å². The average Bonchev–Trinajstić information content (AvgIpc) is 3.04. The predicted molar refractivity (Wildman–Crippen MR) is 121 cm³/mol. The van der Waals surface area contributed by atoms with Crippen molar-refractivity contribution in [3.05, 3.63) is 11.6 Å². The van der Waals surface area contributed by atoms with E-state index in [2.05, 4.69) is 19.9 Å². The molecule has 3 saturated carbocycles. The van der Waals surface area contributed by atoms with E-state index >= 15 is 0 Å². The molecule has 0 aromatic rings. The zero-order valence-corrected chi connectivity index (χ0v) is 20.1. The van der Waals surface area contributed by atoms with Crippen LogP contribution >= 0.6 is 0 Å². The monoisotopic (exact) mass is 459 g/mol. The number of hydrogen-bond donors (Lipinski definition) is 2. The van der Waals surface area contributed by atoms with Gasteiger partial charge < -0.3 is 10.2 Å². The molecule has 4 aliphatic carbocycles. The summed E-state index contributed by atoms with van der Waals surface area (Å²) < 4.78 is 64.5. The minimum Gasteiger partial charge on any atom is -0.390 e. The van der Waals surface area contributed by atoms with Gasteiger partial charge in [-0.15, -0.1) is 0 Å². The third-order valence-corrected chi connectivity index (χ3v) is 10.5. The topological polar surface area (TPSA) is 40.5 Å². The van der Waals surface area contributed by atoms with Crippen LogP contribution in [0.15, 0.2) is 11.6 Å². The second-order valence-corrected chi connectivity index (χ2v) is 12.6. The van der Waals surface area contributed by atoms with Crippen molar-refractivity contribution in [2.45, 2.75) is 116 Å². The van der Waals surface area contributed by atoms with Crippen LogP contribution in [0.3, 0.4) is 0 Å². The number of hydrogen-bond acceptors (Lipinski definition) is 2. The molecule has 2 nitrogen and oxygen atoms in total. The number of allylic oxidation sites excluding steroid dienone is 1. The van der Waals surface area contributed by atoms with Crippen molar-refractivity contribution in [2.75, 3.05) is 0 Å². The molecule has 0 amide bonds. The summed E-state index contributed by atoms with van der Waals surface area (Å²) in [5.74, 6) is 0.295. The molecule has 0 aromatic heterocycles. The Kier molecular flexibility index (Phi) is 5.02. The fourth-order valence-corrected chi connectivity index (χ4v) is 8.29. The second kappa shape index (κ2) is 7.73. The van der Waals surface area contributed by atoms with Gasteiger partial charge in [-0.25, -0.2) is 0 Å². The highest BCUT2D eigenvalue weighted by Crippen LogP contribution is 2.67. The van der Waals surface area contributed by atoms with E-state index in [-0.39, 0.29) is 23.2 Å². The maximum absolute atomic E-state index is 13.3. The van der Waals surface area contributed by atoms with Crippen LogP contribution in [0.1, 0.15) is 103 Å². The standard InChI is InChI=1S/C27H43F3O2/c1-17(10-13-26(5,32)27(28,29)30)20-8-9-21-19-7-6-18-16-23(2,31)14-15-24(18,3)22(19)11-12-25(20,21)4/h6,17,19-22,31-32H,7-16H2,1-5H3/t17-,19+,20-,21+,22+,23+,24+,25-,26+/m1/s1/i1D3. The van der Waals surface area contributed by atoms with E-state index in [0.29, 0.717) is 17.8 Å². The normalized spacial score (nSPS) is 48.8. The highest BCUT2D eigenvalue weighted by atomic mass is 19.4. The third kappa shape index (κ3) is 3.87. The Balaban J connectivity index is 1.58. The first kappa shape index (κ1) is 20.8. The summed E-state index contributed by atoms with van der Waals surface area (Å²) in [6.45, 7) is 4.86. The second-order valence-electron chi connectivity index (χ2n) is 12.6. The zero-order valence-electron chi connectivity index (χ0n) is 23.1. The van der Waals surface area contributed by atoms with Gasteiger partial charge in [0, 0.05) is 4.11 Å². The lowest BCUT2D eigenvalue weighted by Crippen LogP contribution is -2.52. The van der Waals surface area contributed by atoms with E-state index in [1.165, 1.54) is 5.57 Å². The number of halogens is 3. The van der Waals surface area contributed by atoms with Crippen LogP contribution in [0.5, 0.6) is 0 Å². The molecule has 0 aliphatic heterocycles. The highest BCUT2D eigenvalue weighted by molar-refractivity contribution is 5.26. The third-order valence-electron chi connectivity index (χ3n) is 10.5. The van der Waals surface area contributed by atoms with Gasteiger partial charge in [-0.1, -0.05) is 32.3 Å². The van der Waals surface area contributed by atoms with Crippen LogP contribution in [-0.2, 0) is 0 Å². The molecule has 0 saturated heterocycles. The lowest BCUT2D eigenvalue weighted by atomic mass is 9.46. The Labute approximate surface area is 196 Å². The van der Waals surface area contributed by atoms with Gasteiger partial charge in [0.25, 0.3) is 0 Å². The Morgan fingerprint density at radius 3 is 2.50 bits per heavy atom. The summed E-state index contributed by atoms with van der Waals surface area (Å²) >= 11 is 0. The molecule has 3 fully saturated rings. The molecule has 0 unspecified atom stereocenters. The molecule has 0 aromatic carbocycles. The average molecular weight is 460 g/mol. The molecule has 5 heteroatoms. The van der Waals surface area contributed by atoms with Crippen molar-refractivity contribution in [3.8, 4) is 0 Å². The van der Waals surface area contributed by atoms with Crippen molar-refractivity contribution in [1.29, 1.82) is 0 Å². The van der Waals surface area contributed by atoms with E-state index in [4.69, 9.17) is 4.11 Å². The number of rotatable bonds is 4. The van der Waals surface area contributed by atoms with Gasteiger partial charge in [0.1, 0.15) is 0 Å². The van der Waals surface area contributed by atoms with Crippen LogP contribution < -0.4 is 0 Å². The Bertz CT molecular complexity index is 850. The SMILES string of the molecule is [2H]C([2H])([2H])[C@H](CC[C@](C)(O)C(F)(F)F)[C@H]1CC[C@H]2[C@@H]3CC=C4C[C@@](C)(O)CC[C@]4(C)[C@H]3CC[C@]12C. The van der Waals surface area contributed by atoms with Gasteiger partial charge >= 0.3 is 6.18 Å². The van der Waals surface area contributed by atoms with E-state index in [1.54, 1.807) is 0 Å². The molecule has 9 atom stereocenters. The molecular formula is C27H43F3O2. The van der Waals surface area contributed by atoms with Crippen LogP contribution in [0, 0.1) is 40.4 Å². The van der Waals surface area contributed by atoms with Gasteiger partial charge in [-0.05, 0) is 118 Å². The maximum atomic E-state index is 13.3. The van der Waals surface area contributed by atoms with Crippen molar-refractivity contribution in [1.82, 2.24) is 0 Å². The fraction of sp³-hybridized carbons (Fsp3) is 0.926. The lowest BCUT2D eigenvalue weighted by Gasteiger charge is -2.59. The van der Waals surface area contributed by atoms with Gasteiger partial charge in [-0.3, -0.25) is 0 Å². The van der Waals surface area contributed by atoms with Crippen molar-refractivity contribution in [2.24, 2.45) is 40.4 Å². The maximum Gasteiger partial charge on any atom is 0.416 e. The summed E-state index contributed by atoms with van der Waals surface area (Å²) in [7, 11) is 0. The van der Waals surface area contributed by atoms with Crippen molar-refractivity contribution >= 4 is 0 Å². The number of alkyl halides is 3. The van der Waals surface area contributed by atoms with Gasteiger partial charge in [0.05, 0.1) is 5.60 Å². The minimum atomic E-state index is -4.78. The van der Waals surface area contributed by atoms with Gasteiger partial charge in [0.15, 0.2) is 5.60 Å². The first-order valence-corrected chi connectivity index (χ1v) is 12.5. The molecule has 184 valence electrons. The van der Waals surface area contributed by atoms with Gasteiger partial charge in [0.2, 0.25) is 0 Å². The van der Waals surface area contributed by atoms with Gasteiger partial charge in [-0.2, -0.15) is 13.2 Å². The van der Waals surface area contributed by atoms with Crippen LogP contribution in [0.4, 0.5) is 13.2 Å². The van der Waals surface area contributed by atoms with E-state index in [0.717, 1.165) is 58.3 Å². The first-order valence-electron chi connectivity index (χ1n) is 14.0. The molecule has 0 radical (unpaired) electrons. The highest BCUT2D eigenvalue weighted by Gasteiger charge is 2.60. The molecule has 2 N–H and O–H groups in total. The quantitative estimate of drug-likeness (QED) is 0.442. The smallest absolute Gasteiger partial charge is 0.390 e. The molecular weight excluding hydrogens is 413 g/mol. The Morgan fingerprint density at radius 2 is 1.84 bits per heavy atom. The lowest BCUT2D eigenvalue weighted by molar-refractivity contribution is -0.256. The Morgan fingerprint density at radius 1 is 1.12 bits per heavy atom. The summed E-state index contributed by atoms with van der Waals surface area (Å²) in [5.41, 5.74) is -2.30. The summed E-state index contributed by atoms with van der Waals surface area (Å²) in [6, 6.07) is 0. The molecule has 4 aliphatic rings. The van der Waals surface area contributed by atoms with Crippen LogP contribution in [0.2, 0.25) is 0 Å². The Hall–Kier alpha value is -0.550. The summed E-state index contributed by atoms with van der Waals surface area (Å²) in [4.78, 5) is 0. The molecule has 0 spiro atoms. The van der Waals surface area contributed by atoms with E-state index in [1.807, 2.05) is 6.92 Å². The van der Waals surface area contributed by atoms with E-state index in [9.17, 15) is 23.4 Å². The minimum absolute atomic E-state index is 0.0689. The largest absolute Gasteiger partial charge is 0.416 e. The molecule has 0 heterocycles. The number of fused-ring (bicyclic) bond motifs is 5. The summed E-state index contributed by atoms with van der Waals surface area (Å²) in [5, 5.41) is 20.7. The summed E-state index contributed by atoms with van der Waals surface area (Å²) in [6.07, 6.45) is 3.77. The zero-order chi connectivity index (χ0) is 26.2. The fourth-order valence-electron chi connectivity index (χ4n) is 8.29. The van der Waals surface area contributed by atoms with E-state index < -0.39 is 36.6 Å². The number of aliphatic hydroxyl groups is 2. The van der Waals surface area contributed by atoms with Crippen LogP contribution in [0.25, 0.3) is 0 Å². The molecule has 0 bridgehead atoms.